The number of thiophene rings is 1. The molecule has 0 radical (unpaired) electrons. The fourth-order valence-corrected chi connectivity index (χ4v) is 2.96. The summed E-state index contributed by atoms with van der Waals surface area (Å²) in [6, 6.07) is 12.6. The van der Waals surface area contributed by atoms with Crippen molar-refractivity contribution in [3.8, 4) is 16.3 Å². The van der Waals surface area contributed by atoms with Crippen LogP contribution in [-0.2, 0) is 0 Å². The highest BCUT2D eigenvalue weighted by Crippen LogP contribution is 2.21. The second-order valence-electron chi connectivity index (χ2n) is 5.58. The number of hydrogen-bond donors (Lipinski definition) is 2. The zero-order chi connectivity index (χ0) is 19.1. The monoisotopic (exact) mass is 382 g/mol. The smallest absolute Gasteiger partial charge is 0.346 e. The maximum absolute atomic E-state index is 12.3. The van der Waals surface area contributed by atoms with Gasteiger partial charge in [-0.05, 0) is 41.6 Å². The van der Waals surface area contributed by atoms with Crippen molar-refractivity contribution in [2.75, 3.05) is 6.61 Å². The molecule has 0 saturated heterocycles. The van der Waals surface area contributed by atoms with Gasteiger partial charge in [0, 0.05) is 0 Å². The number of H-pyrrole nitrogens is 1. The van der Waals surface area contributed by atoms with Gasteiger partial charge in [0.2, 0.25) is 0 Å². The Kier molecular flexibility index (Phi) is 6.11. The first-order chi connectivity index (χ1) is 13.2. The number of aromatic nitrogens is 2. The Bertz CT molecular complexity index is 996. The quantitative estimate of drug-likeness (QED) is 0.485. The van der Waals surface area contributed by atoms with Crippen molar-refractivity contribution < 1.29 is 9.53 Å². The molecule has 0 bridgehead atoms. The molecule has 2 aromatic heterocycles. The van der Waals surface area contributed by atoms with E-state index >= 15 is 0 Å². The minimum atomic E-state index is -0.587. The Morgan fingerprint density at radius 2 is 2.22 bits per heavy atom. The Hall–Kier alpha value is -3.26. The van der Waals surface area contributed by atoms with Crippen LogP contribution in [0.2, 0.25) is 0 Å². The van der Waals surface area contributed by atoms with Gasteiger partial charge in [-0.2, -0.15) is 10.1 Å². The molecule has 3 aromatic rings. The fraction of sp³-hybridized carbons (Fsp3) is 0.158. The second kappa shape index (κ2) is 8.91. The molecular weight excluding hydrogens is 364 g/mol. The number of hydrazone groups is 1. The van der Waals surface area contributed by atoms with Crippen molar-refractivity contribution in [1.82, 2.24) is 15.4 Å². The minimum Gasteiger partial charge on any atom is -0.494 e. The lowest BCUT2D eigenvalue weighted by molar-refractivity contribution is 0.0949. The van der Waals surface area contributed by atoms with Crippen LogP contribution < -0.4 is 15.9 Å². The normalized spacial score (nSPS) is 10.9. The van der Waals surface area contributed by atoms with Crippen LogP contribution in [0.4, 0.5) is 0 Å². The number of nitrogens with zero attached hydrogens (tertiary/aromatic N) is 2. The van der Waals surface area contributed by atoms with E-state index in [4.69, 9.17) is 4.74 Å². The van der Waals surface area contributed by atoms with Gasteiger partial charge >= 0.3 is 5.69 Å². The van der Waals surface area contributed by atoms with Crippen LogP contribution in [0.1, 0.15) is 29.4 Å². The van der Waals surface area contributed by atoms with Crippen LogP contribution in [0.15, 0.2) is 57.7 Å². The lowest BCUT2D eigenvalue weighted by atomic mass is 10.2. The average molecular weight is 382 g/mol. The van der Waals surface area contributed by atoms with Crippen molar-refractivity contribution in [2.45, 2.75) is 13.3 Å². The minimum absolute atomic E-state index is 0.000621. The molecule has 7 nitrogen and oxygen atoms in total. The second-order valence-corrected chi connectivity index (χ2v) is 6.53. The Labute approximate surface area is 159 Å². The van der Waals surface area contributed by atoms with Crippen LogP contribution >= 0.6 is 11.3 Å². The Balaban J connectivity index is 1.69. The summed E-state index contributed by atoms with van der Waals surface area (Å²) in [4.78, 5) is 31.2. The van der Waals surface area contributed by atoms with E-state index in [0.29, 0.717) is 12.3 Å². The van der Waals surface area contributed by atoms with Crippen molar-refractivity contribution in [1.29, 1.82) is 0 Å². The van der Waals surface area contributed by atoms with Crippen molar-refractivity contribution in [3.63, 3.8) is 0 Å². The van der Waals surface area contributed by atoms with Crippen LogP contribution in [0.5, 0.6) is 5.75 Å². The predicted molar refractivity (Wildman–Crippen MR) is 105 cm³/mol. The lowest BCUT2D eigenvalue weighted by Crippen LogP contribution is -2.24. The molecule has 2 heterocycles. The maximum atomic E-state index is 12.3. The molecule has 0 saturated carbocycles. The molecule has 0 fully saturated rings. The summed E-state index contributed by atoms with van der Waals surface area (Å²) in [5.41, 5.74) is 3.12. The van der Waals surface area contributed by atoms with E-state index in [0.717, 1.165) is 22.6 Å². The zero-order valence-electron chi connectivity index (χ0n) is 14.6. The number of ether oxygens (including phenoxy) is 1. The highest BCUT2D eigenvalue weighted by atomic mass is 32.1. The Morgan fingerprint density at radius 3 is 3.00 bits per heavy atom. The summed E-state index contributed by atoms with van der Waals surface area (Å²) in [5.74, 6) is 0.178. The summed E-state index contributed by atoms with van der Waals surface area (Å²) < 4.78 is 5.56. The number of carbonyl (C=O) groups excluding carboxylic acids is 1. The molecule has 1 aromatic carbocycles. The molecule has 3 rings (SSSR count). The molecule has 27 heavy (non-hydrogen) atoms. The number of carbonyl (C=O) groups is 1. The lowest BCUT2D eigenvalue weighted by Gasteiger charge is -2.04. The van der Waals surface area contributed by atoms with Gasteiger partial charge in [0.25, 0.3) is 5.91 Å². The van der Waals surface area contributed by atoms with Gasteiger partial charge in [-0.3, -0.25) is 4.79 Å². The fourth-order valence-electron chi connectivity index (χ4n) is 2.27. The predicted octanol–water partition coefficient (Wildman–Crippen LogP) is 3.05. The summed E-state index contributed by atoms with van der Waals surface area (Å²) in [6.07, 6.45) is 2.43. The molecule has 0 spiro atoms. The first-order valence-corrected chi connectivity index (χ1v) is 9.25. The summed E-state index contributed by atoms with van der Waals surface area (Å²) in [5, 5.41) is 5.82. The van der Waals surface area contributed by atoms with Gasteiger partial charge in [0.15, 0.2) is 0 Å². The SMILES string of the molecule is CCCOc1cccc(/C=N/NC(=O)c2cc(-c3cccs3)[nH]c(=O)n2)c1. The zero-order valence-corrected chi connectivity index (χ0v) is 15.5. The number of nitrogens with one attached hydrogen (secondary N) is 2. The van der Waals surface area contributed by atoms with Crippen LogP contribution in [0.3, 0.4) is 0 Å². The number of benzene rings is 1. The molecule has 8 heteroatoms. The van der Waals surface area contributed by atoms with Crippen molar-refractivity contribution in [3.05, 3.63) is 69.6 Å². The molecule has 0 aliphatic carbocycles. The third-order valence-electron chi connectivity index (χ3n) is 3.47. The summed E-state index contributed by atoms with van der Waals surface area (Å²) in [6.45, 7) is 2.67. The van der Waals surface area contributed by atoms with E-state index in [1.165, 1.54) is 23.6 Å². The molecule has 0 atom stereocenters. The van der Waals surface area contributed by atoms with Crippen molar-refractivity contribution in [2.24, 2.45) is 5.10 Å². The topological polar surface area (TPSA) is 96.4 Å². The first kappa shape index (κ1) is 18.5. The Morgan fingerprint density at radius 1 is 1.33 bits per heavy atom. The van der Waals surface area contributed by atoms with E-state index in [2.05, 4.69) is 20.5 Å². The molecule has 0 aliphatic heterocycles. The molecule has 2 N–H and O–H groups in total. The van der Waals surface area contributed by atoms with E-state index < -0.39 is 11.6 Å². The first-order valence-electron chi connectivity index (χ1n) is 8.37. The highest BCUT2D eigenvalue weighted by Gasteiger charge is 2.11. The van der Waals surface area contributed by atoms with Gasteiger partial charge in [0.1, 0.15) is 11.4 Å². The van der Waals surface area contributed by atoms with E-state index in [-0.39, 0.29) is 5.69 Å². The van der Waals surface area contributed by atoms with Crippen LogP contribution in [0, 0.1) is 0 Å². The van der Waals surface area contributed by atoms with Gasteiger partial charge in [-0.25, -0.2) is 10.2 Å². The number of rotatable bonds is 7. The van der Waals surface area contributed by atoms with Gasteiger partial charge < -0.3 is 9.72 Å². The van der Waals surface area contributed by atoms with Crippen LogP contribution in [0.25, 0.3) is 10.6 Å². The highest BCUT2D eigenvalue weighted by molar-refractivity contribution is 7.13. The number of hydrogen-bond acceptors (Lipinski definition) is 6. The molecule has 0 unspecified atom stereocenters. The van der Waals surface area contributed by atoms with Crippen molar-refractivity contribution >= 4 is 23.5 Å². The van der Waals surface area contributed by atoms with E-state index in [1.54, 1.807) is 0 Å². The summed E-state index contributed by atoms with van der Waals surface area (Å²) in [7, 11) is 0. The van der Waals surface area contributed by atoms with Gasteiger partial charge in [-0.1, -0.05) is 25.1 Å². The van der Waals surface area contributed by atoms with Gasteiger partial charge in [0.05, 0.1) is 23.4 Å². The largest absolute Gasteiger partial charge is 0.494 e. The van der Waals surface area contributed by atoms with Gasteiger partial charge in [-0.15, -0.1) is 11.3 Å². The molecule has 138 valence electrons. The summed E-state index contributed by atoms with van der Waals surface area (Å²) >= 11 is 1.46. The van der Waals surface area contributed by atoms with E-state index in [1.807, 2.05) is 48.7 Å². The molecule has 1 amide bonds. The maximum Gasteiger partial charge on any atom is 0.346 e. The number of aromatic amines is 1. The molecule has 0 aliphatic rings. The standard InChI is InChI=1S/C19H18N4O3S/c1-2-8-26-14-6-3-5-13(10-14)12-20-23-18(24)16-11-15(21-19(25)22-16)17-7-4-9-27-17/h3-7,9-12H,2,8H2,1H3,(H,23,24)(H,21,22,25)/b20-12+. The van der Waals surface area contributed by atoms with E-state index in [9.17, 15) is 9.59 Å². The number of amides is 1. The average Bonchev–Trinajstić information content (AvgIpc) is 3.21. The van der Waals surface area contributed by atoms with Crippen LogP contribution in [-0.4, -0.2) is 28.7 Å². The third kappa shape index (κ3) is 5.11. The molecular formula is C19H18N4O3S. The third-order valence-corrected chi connectivity index (χ3v) is 4.38.